The van der Waals surface area contributed by atoms with Gasteiger partial charge in [0.1, 0.15) is 0 Å². The Hall–Kier alpha value is -7.51. The molecule has 0 N–H and O–H groups in total. The van der Waals surface area contributed by atoms with Crippen LogP contribution in [0.5, 0.6) is 0 Å². The van der Waals surface area contributed by atoms with Crippen molar-refractivity contribution in [3.63, 3.8) is 0 Å². The number of hydrogen-bond acceptors (Lipinski definition) is 2. The molecule has 0 bridgehead atoms. The van der Waals surface area contributed by atoms with Crippen molar-refractivity contribution >= 4 is 110 Å². The van der Waals surface area contributed by atoms with Gasteiger partial charge < -0.3 is 4.57 Å². The minimum atomic E-state index is 0.862. The van der Waals surface area contributed by atoms with E-state index in [1.54, 1.807) is 0 Å². The molecule has 0 aliphatic carbocycles. The van der Waals surface area contributed by atoms with Crippen LogP contribution in [0.2, 0.25) is 0 Å². The first-order valence-electron chi connectivity index (χ1n) is 22.1. The van der Waals surface area contributed by atoms with Crippen LogP contribution in [0.1, 0.15) is 55.5 Å². The van der Waals surface area contributed by atoms with E-state index in [9.17, 15) is 0 Å². The Bertz CT molecular complexity index is 3520. The highest BCUT2D eigenvalue weighted by Crippen LogP contribution is 2.44. The zero-order valence-electron chi connectivity index (χ0n) is 37.1. The topological polar surface area (TPSA) is 17.3 Å². The normalized spacial score (nSPS) is 11.1. The van der Waals surface area contributed by atoms with Crippen LogP contribution in [0.4, 0.5) is 5.69 Å². The smallest absolute Gasteiger partial charge is 0.0742 e. The number of aryl methyl sites for hydroxylation is 1. The minimum absolute atomic E-state index is 0.862. The summed E-state index contributed by atoms with van der Waals surface area (Å²) in [4.78, 5) is 4.39. The van der Waals surface area contributed by atoms with Crippen LogP contribution >= 0.6 is 11.3 Å². The Morgan fingerprint density at radius 1 is 0.578 bits per heavy atom. The molecule has 0 spiro atoms. The predicted molar refractivity (Wildman–Crippen MR) is 287 cm³/mol. The zero-order chi connectivity index (χ0) is 44.7. The van der Waals surface area contributed by atoms with E-state index >= 15 is 0 Å². The quantitative estimate of drug-likeness (QED) is 0.0864. The Balaban J connectivity index is 0.000000178. The largest absolute Gasteiger partial charge is 0.309 e. The van der Waals surface area contributed by atoms with Crippen molar-refractivity contribution < 1.29 is 0 Å². The summed E-state index contributed by atoms with van der Waals surface area (Å²) in [6, 6.07) is 59.4. The van der Waals surface area contributed by atoms with E-state index in [1.807, 2.05) is 31.3 Å². The summed E-state index contributed by atoms with van der Waals surface area (Å²) >= 11 is 1.87. The molecule has 0 fully saturated rings. The van der Waals surface area contributed by atoms with E-state index in [1.165, 1.54) is 108 Å². The first-order chi connectivity index (χ1) is 31.6. The van der Waals surface area contributed by atoms with Crippen molar-refractivity contribution in [1.29, 1.82) is 0 Å². The van der Waals surface area contributed by atoms with Crippen molar-refractivity contribution in [2.45, 2.75) is 40.5 Å². The Morgan fingerprint density at radius 3 is 1.86 bits per heavy atom. The number of aliphatic imine (C=N–C) groups is 1. The number of rotatable bonds is 7. The summed E-state index contributed by atoms with van der Waals surface area (Å²) in [6.07, 6.45) is 16.1. The van der Waals surface area contributed by atoms with Crippen molar-refractivity contribution in [2.75, 3.05) is 0 Å². The second-order valence-electron chi connectivity index (χ2n) is 15.4. The number of thiophene rings is 1. The Labute approximate surface area is 381 Å². The third kappa shape index (κ3) is 7.79. The molecule has 11 aromatic rings. The van der Waals surface area contributed by atoms with E-state index in [0.29, 0.717) is 0 Å². The molecule has 0 aliphatic rings. The molecule has 0 radical (unpaired) electrons. The van der Waals surface area contributed by atoms with Crippen LogP contribution in [0, 0.1) is 12.8 Å². The third-order valence-corrected chi connectivity index (χ3v) is 13.1. The number of terminal acetylenes is 1. The lowest BCUT2D eigenvalue weighted by molar-refractivity contribution is 1.12. The molecule has 64 heavy (non-hydrogen) atoms. The lowest BCUT2D eigenvalue weighted by Gasteiger charge is -2.14. The third-order valence-electron chi connectivity index (χ3n) is 12.0. The van der Waals surface area contributed by atoms with Gasteiger partial charge in [0.25, 0.3) is 0 Å². The summed E-state index contributed by atoms with van der Waals surface area (Å²) in [5.74, 6) is 0. The van der Waals surface area contributed by atoms with Gasteiger partial charge in [-0.15, -0.1) is 24.2 Å². The van der Waals surface area contributed by atoms with Gasteiger partial charge >= 0.3 is 0 Å². The van der Waals surface area contributed by atoms with E-state index in [0.717, 1.165) is 18.5 Å². The van der Waals surface area contributed by atoms with E-state index in [-0.39, 0.29) is 0 Å². The molecule has 312 valence electrons. The number of benzene rings is 9. The summed E-state index contributed by atoms with van der Waals surface area (Å²) in [7, 11) is 0. The molecule has 9 aromatic carbocycles. The highest BCUT2D eigenvalue weighted by molar-refractivity contribution is 7.25. The fraction of sp³-hybridized carbons (Fsp3) is 0.0984. The lowest BCUT2D eigenvalue weighted by Crippen LogP contribution is -1.95. The van der Waals surface area contributed by atoms with Crippen molar-refractivity contribution in [1.82, 2.24) is 4.57 Å². The highest BCUT2D eigenvalue weighted by atomic mass is 32.1. The highest BCUT2D eigenvalue weighted by Gasteiger charge is 2.19. The maximum absolute atomic E-state index is 4.39. The van der Waals surface area contributed by atoms with Gasteiger partial charge in [-0.25, -0.2) is 0 Å². The molecule has 11 rings (SSSR count). The summed E-state index contributed by atoms with van der Waals surface area (Å²) in [6.45, 7) is 16.2. The van der Waals surface area contributed by atoms with Gasteiger partial charge in [0.05, 0.1) is 16.7 Å². The van der Waals surface area contributed by atoms with Crippen LogP contribution in [0.3, 0.4) is 0 Å². The fourth-order valence-corrected chi connectivity index (χ4v) is 10.3. The molecular weight excluding hydrogens is 793 g/mol. The Kier molecular flexibility index (Phi) is 13.0. The maximum atomic E-state index is 4.39. The molecular formula is C61H52N2S. The minimum Gasteiger partial charge on any atom is -0.309 e. The first kappa shape index (κ1) is 43.2. The monoisotopic (exact) mass is 844 g/mol. The molecule has 2 aromatic heterocycles. The Morgan fingerprint density at radius 2 is 1.19 bits per heavy atom. The summed E-state index contributed by atoms with van der Waals surface area (Å²) in [5.41, 5.74) is 11.0. The van der Waals surface area contributed by atoms with E-state index in [4.69, 9.17) is 0 Å². The van der Waals surface area contributed by atoms with E-state index < -0.39 is 0 Å². The van der Waals surface area contributed by atoms with Gasteiger partial charge in [-0.05, 0) is 106 Å². The zero-order valence-corrected chi connectivity index (χ0v) is 37.9. The number of aromatic nitrogens is 1. The van der Waals surface area contributed by atoms with Crippen LogP contribution in [0.15, 0.2) is 181 Å². The van der Waals surface area contributed by atoms with Crippen LogP contribution in [-0.4, -0.2) is 11.3 Å². The second kappa shape index (κ2) is 19.3. The number of nitrogens with zero attached hydrogens (tertiary/aromatic N) is 2. The van der Waals surface area contributed by atoms with Crippen LogP contribution in [0.25, 0.3) is 92.1 Å². The molecule has 0 saturated heterocycles. The standard InChI is InChI=1S/C35H27NS.C22H17N.C2H6.C2H2/c1-4-9-25-18-30-31-20-29-28-17-14-24-10-7-8-11-27(24)35(28)36(26-15-12-22(5-2)13-16-26)32(29)21-34(31)37-33(30)19-23(25)6-3;1-23-22-20-14-8-7-12-18(20)17-11-5-6-13-19(17)21(22)15-16-9-3-2-4-10-16;2*1-2/h4,6-21H,3,5H2,1-2H3;2-14H,1,15H2;1-2H3;1-2H/b9-4-;;;. The van der Waals surface area contributed by atoms with Gasteiger partial charge in [0.15, 0.2) is 0 Å². The molecule has 0 aliphatic heterocycles. The molecule has 0 unspecified atom stereocenters. The molecule has 2 nitrogen and oxygen atoms in total. The van der Waals surface area contributed by atoms with Crippen molar-refractivity contribution in [2.24, 2.45) is 4.99 Å². The first-order valence-corrected chi connectivity index (χ1v) is 22.9. The summed E-state index contributed by atoms with van der Waals surface area (Å²) in [5, 5.41) is 12.7. The average Bonchev–Trinajstić information content (AvgIpc) is 3.89. The molecule has 0 atom stereocenters. The van der Waals surface area contributed by atoms with Gasteiger partial charge in [-0.1, -0.05) is 173 Å². The maximum Gasteiger partial charge on any atom is 0.0742 e. The average molecular weight is 845 g/mol. The molecule has 2 heterocycles. The fourth-order valence-electron chi connectivity index (χ4n) is 9.13. The van der Waals surface area contributed by atoms with Gasteiger partial charge in [0, 0.05) is 53.8 Å². The lowest BCUT2D eigenvalue weighted by atomic mass is 9.91. The molecule has 0 saturated carbocycles. The van der Waals surface area contributed by atoms with Crippen molar-refractivity contribution in [3.05, 3.63) is 204 Å². The second-order valence-corrected chi connectivity index (χ2v) is 16.5. The molecule has 3 heteroatoms. The number of allylic oxidation sites excluding steroid dienone is 1. The molecule has 0 amide bonds. The van der Waals surface area contributed by atoms with Crippen LogP contribution in [-0.2, 0) is 12.8 Å². The SMILES string of the molecule is C#C.C=Cc1cc2sc3cc4c(cc3c2cc1/C=C\C)c1ccc2ccccc2c1n4-c1ccc(CC)cc1.C=Nc1c(Cc2ccccc2)c2ccccc2c2ccccc12.CC. The van der Waals surface area contributed by atoms with Gasteiger partial charge in [-0.2, -0.15) is 0 Å². The van der Waals surface area contributed by atoms with E-state index in [2.05, 4.69) is 225 Å². The number of hydrogen-bond donors (Lipinski definition) is 0. The van der Waals surface area contributed by atoms with Crippen molar-refractivity contribution in [3.8, 4) is 18.5 Å². The van der Waals surface area contributed by atoms with Gasteiger partial charge in [0.2, 0.25) is 0 Å². The van der Waals surface area contributed by atoms with Crippen LogP contribution < -0.4 is 0 Å². The van der Waals surface area contributed by atoms with Gasteiger partial charge in [-0.3, -0.25) is 4.99 Å². The predicted octanol–water partition coefficient (Wildman–Crippen LogP) is 17.7. The summed E-state index contributed by atoms with van der Waals surface area (Å²) < 4.78 is 5.09. The number of fused-ring (bicyclic) bond motifs is 11.